The van der Waals surface area contributed by atoms with Gasteiger partial charge >= 0.3 is 0 Å². The van der Waals surface area contributed by atoms with Gasteiger partial charge in [-0.1, -0.05) is 48.5 Å². The van der Waals surface area contributed by atoms with E-state index in [1.165, 1.54) is 20.9 Å². The molecule has 0 saturated carbocycles. The van der Waals surface area contributed by atoms with Crippen LogP contribution in [-0.4, -0.2) is 7.28 Å². The summed E-state index contributed by atoms with van der Waals surface area (Å²) < 4.78 is 0. The van der Waals surface area contributed by atoms with Crippen LogP contribution in [0.1, 0.15) is 0 Å². The molecule has 0 aromatic heterocycles. The summed E-state index contributed by atoms with van der Waals surface area (Å²) in [5.41, 5.74) is 0. The molecule has 70 valence electrons. The molecule has 0 spiro atoms. The van der Waals surface area contributed by atoms with E-state index in [-0.39, 0.29) is 0 Å². The van der Waals surface area contributed by atoms with Crippen LogP contribution in [0.3, 0.4) is 0 Å². The first-order valence-electron chi connectivity index (χ1n) is 5.30. The molecule has 0 nitrogen and oxygen atoms in total. The molecule has 0 atom stereocenters. The van der Waals surface area contributed by atoms with Crippen molar-refractivity contribution >= 4 is 19.2 Å². The van der Waals surface area contributed by atoms with Crippen molar-refractivity contribution in [3.05, 3.63) is 69.4 Å². The van der Waals surface area contributed by atoms with Gasteiger partial charge in [0.1, 0.15) is 0 Å². The van der Waals surface area contributed by atoms with E-state index in [1.54, 1.807) is 0 Å². The molecule has 1 heteroatoms. The Morgan fingerprint density at radius 1 is 0.600 bits per heavy atom. The summed E-state index contributed by atoms with van der Waals surface area (Å²) in [6, 6.07) is 17.2. The zero-order chi connectivity index (χ0) is 10.1. The second-order valence-electron chi connectivity index (χ2n) is 3.82. The lowest BCUT2D eigenvalue weighted by Gasteiger charge is -1.91. The quantitative estimate of drug-likeness (QED) is 0.541. The molecule has 2 aromatic carbocycles. The lowest BCUT2D eigenvalue weighted by Crippen LogP contribution is -2.05. The minimum absolute atomic E-state index is 1.02. The normalized spacial score (nSPS) is 12.3. The summed E-state index contributed by atoms with van der Waals surface area (Å²) in [4.78, 5) is 0. The van der Waals surface area contributed by atoms with Crippen molar-refractivity contribution in [2.24, 2.45) is 0 Å². The fourth-order valence-electron chi connectivity index (χ4n) is 2.15. The Kier molecular flexibility index (Phi) is 1.95. The summed E-state index contributed by atoms with van der Waals surface area (Å²) in [5, 5.41) is 5.39. The average molecular weight is 190 g/mol. The second-order valence-corrected chi connectivity index (χ2v) is 3.82. The van der Waals surface area contributed by atoms with E-state index in [9.17, 15) is 0 Å². The monoisotopic (exact) mass is 190 g/mol. The SMILES string of the molecule is B1C=c2ccccc2=c2ccccc2=C1. The molecule has 2 aromatic rings. The smallest absolute Gasteiger partial charge is 0.107 e. The number of benzene rings is 2. The van der Waals surface area contributed by atoms with E-state index in [0.717, 1.165) is 7.28 Å². The van der Waals surface area contributed by atoms with Gasteiger partial charge in [-0.25, -0.2) is 0 Å². The molecule has 0 unspecified atom stereocenters. The Bertz CT molecular complexity index is 637. The van der Waals surface area contributed by atoms with Gasteiger partial charge in [0, 0.05) is 0 Å². The summed E-state index contributed by atoms with van der Waals surface area (Å²) >= 11 is 0. The Morgan fingerprint density at radius 2 is 1.07 bits per heavy atom. The first-order valence-corrected chi connectivity index (χ1v) is 5.30. The van der Waals surface area contributed by atoms with Gasteiger partial charge in [0.05, 0.1) is 0 Å². The minimum Gasteiger partial charge on any atom is -0.107 e. The van der Waals surface area contributed by atoms with Crippen LogP contribution in [0, 0.1) is 10.4 Å². The Morgan fingerprint density at radius 3 is 1.60 bits per heavy atom. The van der Waals surface area contributed by atoms with Crippen molar-refractivity contribution < 1.29 is 0 Å². The highest BCUT2D eigenvalue weighted by Gasteiger charge is 1.93. The third kappa shape index (κ3) is 1.40. The number of hydrogen-bond acceptors (Lipinski definition) is 0. The molecule has 1 heterocycles. The van der Waals surface area contributed by atoms with E-state index in [4.69, 9.17) is 0 Å². The third-order valence-electron chi connectivity index (χ3n) is 2.89. The van der Waals surface area contributed by atoms with Crippen LogP contribution in [-0.2, 0) is 0 Å². The molecular weight excluding hydrogens is 179 g/mol. The molecule has 0 radical (unpaired) electrons. The molecule has 0 N–H and O–H groups in total. The van der Waals surface area contributed by atoms with Crippen LogP contribution in [0.15, 0.2) is 48.5 Å². The standard InChI is InChI=1S/C14H11B/c1-3-7-13-11(5-1)9-15-10-12-6-2-4-8-14(12)13/h1-10,15H. The highest BCUT2D eigenvalue weighted by Crippen LogP contribution is 1.91. The Labute approximate surface area is 89.1 Å². The molecule has 15 heavy (non-hydrogen) atoms. The predicted octanol–water partition coefficient (Wildman–Crippen LogP) is 0.900. The molecular formula is C14H11B. The average Bonchev–Trinajstić information content (AvgIpc) is 2.48. The van der Waals surface area contributed by atoms with Crippen LogP contribution < -0.4 is 10.4 Å². The maximum Gasteiger partial charge on any atom is 0.175 e. The van der Waals surface area contributed by atoms with Crippen LogP contribution in [0.5, 0.6) is 0 Å². The lowest BCUT2D eigenvalue weighted by atomic mass is 9.77. The molecule has 0 amide bonds. The predicted molar refractivity (Wildman–Crippen MR) is 65.9 cm³/mol. The number of hydrogen-bond donors (Lipinski definition) is 0. The largest absolute Gasteiger partial charge is 0.175 e. The summed E-state index contributed by atoms with van der Waals surface area (Å²) in [6.07, 6.45) is 0. The highest BCUT2D eigenvalue weighted by atomic mass is 13.9. The molecule has 0 bridgehead atoms. The zero-order valence-electron chi connectivity index (χ0n) is 8.48. The molecule has 1 aliphatic heterocycles. The summed E-state index contributed by atoms with van der Waals surface area (Å²) in [6.45, 7) is 0. The van der Waals surface area contributed by atoms with Gasteiger partial charge in [0.15, 0.2) is 7.28 Å². The van der Waals surface area contributed by atoms with Gasteiger partial charge in [0.25, 0.3) is 0 Å². The van der Waals surface area contributed by atoms with E-state index in [2.05, 4.69) is 60.5 Å². The number of fused-ring (bicyclic) bond motifs is 2. The zero-order valence-corrected chi connectivity index (χ0v) is 8.48. The van der Waals surface area contributed by atoms with Crippen LogP contribution in [0.4, 0.5) is 0 Å². The topological polar surface area (TPSA) is 0 Å². The lowest BCUT2D eigenvalue weighted by molar-refractivity contribution is 1.41. The third-order valence-corrected chi connectivity index (χ3v) is 2.89. The van der Waals surface area contributed by atoms with Gasteiger partial charge in [-0.3, -0.25) is 0 Å². The fourth-order valence-corrected chi connectivity index (χ4v) is 2.15. The second kappa shape index (κ2) is 3.43. The first-order chi connectivity index (χ1) is 7.45. The van der Waals surface area contributed by atoms with Crippen molar-refractivity contribution in [3.63, 3.8) is 0 Å². The van der Waals surface area contributed by atoms with Gasteiger partial charge in [-0.15, -0.1) is 12.0 Å². The van der Waals surface area contributed by atoms with Crippen LogP contribution in [0.2, 0.25) is 0 Å². The molecule has 0 fully saturated rings. The van der Waals surface area contributed by atoms with Crippen molar-refractivity contribution in [2.75, 3.05) is 0 Å². The van der Waals surface area contributed by atoms with Crippen molar-refractivity contribution in [1.82, 2.24) is 0 Å². The van der Waals surface area contributed by atoms with E-state index >= 15 is 0 Å². The Hall–Kier alpha value is -1.76. The molecule has 1 aliphatic rings. The van der Waals surface area contributed by atoms with Crippen LogP contribution >= 0.6 is 0 Å². The minimum atomic E-state index is 1.02. The van der Waals surface area contributed by atoms with Crippen molar-refractivity contribution in [3.8, 4) is 0 Å². The van der Waals surface area contributed by atoms with E-state index in [1.807, 2.05) is 0 Å². The van der Waals surface area contributed by atoms with Gasteiger partial charge in [0.2, 0.25) is 0 Å². The number of rotatable bonds is 0. The fraction of sp³-hybridized carbons (Fsp3) is 0. The van der Waals surface area contributed by atoms with E-state index < -0.39 is 0 Å². The maximum absolute atomic E-state index is 2.29. The Balaban J connectivity index is 2.73. The van der Waals surface area contributed by atoms with Crippen LogP contribution in [0.25, 0.3) is 12.0 Å². The van der Waals surface area contributed by atoms with Gasteiger partial charge in [-0.05, 0) is 20.9 Å². The van der Waals surface area contributed by atoms with Crippen molar-refractivity contribution in [2.45, 2.75) is 0 Å². The molecule has 0 aliphatic carbocycles. The highest BCUT2D eigenvalue weighted by molar-refractivity contribution is 6.67. The van der Waals surface area contributed by atoms with Gasteiger partial charge < -0.3 is 0 Å². The van der Waals surface area contributed by atoms with Crippen molar-refractivity contribution in [1.29, 1.82) is 0 Å². The molecule has 0 saturated heterocycles. The first kappa shape index (κ1) is 8.54. The van der Waals surface area contributed by atoms with Gasteiger partial charge in [-0.2, -0.15) is 0 Å². The maximum atomic E-state index is 2.29. The molecule has 3 rings (SSSR count). The summed E-state index contributed by atoms with van der Waals surface area (Å²) in [7, 11) is 1.02. The summed E-state index contributed by atoms with van der Waals surface area (Å²) in [5.74, 6) is 4.57. The van der Waals surface area contributed by atoms with E-state index in [0.29, 0.717) is 0 Å².